The standard InChI is InChI=1S/C36H62O3Si/c1-26-16-20-31(39-40(11,12)34(4,5)6)24-30(26)19-18-29-14-13-23-36(9)32(21-22-33(29)36)27(2)15-17-28(3)35(7,8)38-25-37-10/h15,17-19,27-28,31-33H,1,13-14,16,20-25H2,2-12H3/b17-15+,29-18+,30-19-/t27-,28+,31+,32?,33?,36?/m1/s1. The van der Waals surface area contributed by atoms with E-state index in [1.165, 1.54) is 43.3 Å². The Morgan fingerprint density at radius 1 is 1.02 bits per heavy atom. The first-order chi connectivity index (χ1) is 18.5. The van der Waals surface area contributed by atoms with Gasteiger partial charge in [0.25, 0.3) is 0 Å². The minimum Gasteiger partial charge on any atom is -0.414 e. The maximum Gasteiger partial charge on any atom is 0.192 e. The van der Waals surface area contributed by atoms with Crippen LogP contribution < -0.4 is 0 Å². The molecule has 3 saturated carbocycles. The number of fused-ring (bicyclic) bond motifs is 1. The topological polar surface area (TPSA) is 27.7 Å². The SMILES string of the molecule is C=C1CC[C@H](O[Si](C)(C)C(C)(C)C)C/C1=C/C=C1\CCCC2(C)C1CCC2[C@H](C)/C=C/[C@H](C)C(C)(C)OCOC. The zero-order valence-corrected chi connectivity index (χ0v) is 29.0. The van der Waals surface area contributed by atoms with Crippen molar-refractivity contribution >= 4 is 8.32 Å². The number of hydrogen-bond donors (Lipinski definition) is 0. The normalized spacial score (nSPS) is 32.2. The van der Waals surface area contributed by atoms with Gasteiger partial charge in [0, 0.05) is 19.1 Å². The molecule has 4 heteroatoms. The lowest BCUT2D eigenvalue weighted by Gasteiger charge is -2.44. The largest absolute Gasteiger partial charge is 0.414 e. The van der Waals surface area contributed by atoms with E-state index in [9.17, 15) is 0 Å². The lowest BCUT2D eigenvalue weighted by atomic mass is 9.61. The highest BCUT2D eigenvalue weighted by atomic mass is 28.4. The lowest BCUT2D eigenvalue weighted by molar-refractivity contribution is -0.128. The Morgan fingerprint density at radius 3 is 2.38 bits per heavy atom. The van der Waals surface area contributed by atoms with Gasteiger partial charge in [-0.15, -0.1) is 0 Å². The highest BCUT2D eigenvalue weighted by Crippen LogP contribution is 2.59. The Hall–Kier alpha value is -0.943. The summed E-state index contributed by atoms with van der Waals surface area (Å²) in [7, 11) is -0.0801. The Balaban J connectivity index is 1.71. The molecule has 40 heavy (non-hydrogen) atoms. The van der Waals surface area contributed by atoms with Crippen molar-refractivity contribution < 1.29 is 13.9 Å². The molecular weight excluding hydrogens is 508 g/mol. The van der Waals surface area contributed by atoms with Crippen molar-refractivity contribution in [2.45, 2.75) is 137 Å². The van der Waals surface area contributed by atoms with Crippen molar-refractivity contribution in [1.82, 2.24) is 0 Å². The van der Waals surface area contributed by atoms with Gasteiger partial charge < -0.3 is 13.9 Å². The first-order valence-corrected chi connectivity index (χ1v) is 19.0. The molecule has 3 fully saturated rings. The molecule has 3 unspecified atom stereocenters. The van der Waals surface area contributed by atoms with Crippen molar-refractivity contribution in [3.8, 4) is 0 Å². The van der Waals surface area contributed by atoms with E-state index in [1.54, 1.807) is 12.7 Å². The van der Waals surface area contributed by atoms with Crippen LogP contribution in [0.5, 0.6) is 0 Å². The first-order valence-electron chi connectivity index (χ1n) is 16.1. The van der Waals surface area contributed by atoms with Crippen molar-refractivity contribution in [3.63, 3.8) is 0 Å². The second kappa shape index (κ2) is 13.1. The first kappa shape index (κ1) is 33.6. The van der Waals surface area contributed by atoms with Crippen LogP contribution in [0.15, 0.2) is 47.6 Å². The molecular formula is C36H62O3Si. The zero-order valence-electron chi connectivity index (χ0n) is 28.0. The van der Waals surface area contributed by atoms with E-state index in [1.807, 2.05) is 0 Å². The van der Waals surface area contributed by atoms with Crippen LogP contribution in [0, 0.1) is 29.1 Å². The lowest BCUT2D eigenvalue weighted by Crippen LogP contribution is -2.44. The third kappa shape index (κ3) is 7.71. The van der Waals surface area contributed by atoms with Crippen molar-refractivity contribution in [2.24, 2.45) is 29.1 Å². The summed E-state index contributed by atoms with van der Waals surface area (Å²) in [6, 6.07) is 0. The minimum atomic E-state index is -1.77. The quantitative estimate of drug-likeness (QED) is 0.148. The average Bonchev–Trinajstić information content (AvgIpc) is 3.22. The van der Waals surface area contributed by atoms with Crippen LogP contribution >= 0.6 is 0 Å². The minimum absolute atomic E-state index is 0.236. The Bertz CT molecular complexity index is 965. The Morgan fingerprint density at radius 2 is 1.73 bits per heavy atom. The highest BCUT2D eigenvalue weighted by molar-refractivity contribution is 6.74. The van der Waals surface area contributed by atoms with Crippen molar-refractivity contribution in [2.75, 3.05) is 13.9 Å². The Kier molecular flexibility index (Phi) is 11.0. The van der Waals surface area contributed by atoms with E-state index in [-0.39, 0.29) is 10.6 Å². The molecule has 0 N–H and O–H groups in total. The van der Waals surface area contributed by atoms with Gasteiger partial charge in [0.15, 0.2) is 8.32 Å². The van der Waals surface area contributed by atoms with E-state index in [0.29, 0.717) is 36.1 Å². The summed E-state index contributed by atoms with van der Waals surface area (Å²) in [5.41, 5.74) is 4.57. The monoisotopic (exact) mass is 570 g/mol. The van der Waals surface area contributed by atoms with Gasteiger partial charge in [0.2, 0.25) is 0 Å². The molecule has 3 nitrogen and oxygen atoms in total. The molecule has 3 aliphatic rings. The predicted molar refractivity (Wildman–Crippen MR) is 174 cm³/mol. The van der Waals surface area contributed by atoms with Crippen LogP contribution in [0.2, 0.25) is 18.1 Å². The number of methoxy groups -OCH3 is 1. The summed E-state index contributed by atoms with van der Waals surface area (Å²) in [4.78, 5) is 0. The molecule has 0 heterocycles. The molecule has 0 aromatic heterocycles. The number of allylic oxidation sites excluding steroid dienone is 5. The summed E-state index contributed by atoms with van der Waals surface area (Å²) in [5, 5.41) is 0.247. The van der Waals surface area contributed by atoms with E-state index in [0.717, 1.165) is 25.2 Å². The predicted octanol–water partition coefficient (Wildman–Crippen LogP) is 10.4. The van der Waals surface area contributed by atoms with Gasteiger partial charge in [-0.2, -0.15) is 0 Å². The van der Waals surface area contributed by atoms with Gasteiger partial charge in [-0.05, 0) is 112 Å². The molecule has 0 aliphatic heterocycles. The van der Waals surface area contributed by atoms with Gasteiger partial charge in [0.05, 0.1) is 5.60 Å². The smallest absolute Gasteiger partial charge is 0.192 e. The third-order valence-electron chi connectivity index (χ3n) is 11.5. The maximum atomic E-state index is 6.84. The molecule has 3 aliphatic carbocycles. The van der Waals surface area contributed by atoms with E-state index >= 15 is 0 Å². The second-order valence-electron chi connectivity index (χ2n) is 15.6. The summed E-state index contributed by atoms with van der Waals surface area (Å²) < 4.78 is 17.9. The van der Waals surface area contributed by atoms with Crippen LogP contribution in [-0.4, -0.2) is 33.9 Å². The van der Waals surface area contributed by atoms with Crippen molar-refractivity contribution in [1.29, 1.82) is 0 Å². The fraction of sp³-hybridized carbons (Fsp3) is 0.778. The zero-order chi connectivity index (χ0) is 29.9. The molecule has 0 aromatic rings. The van der Waals surface area contributed by atoms with Crippen LogP contribution in [0.1, 0.15) is 107 Å². The molecule has 0 bridgehead atoms. The molecule has 0 radical (unpaired) electrons. The fourth-order valence-corrected chi connectivity index (χ4v) is 8.66. The average molecular weight is 571 g/mol. The summed E-state index contributed by atoms with van der Waals surface area (Å²) in [5.74, 6) is 2.33. The van der Waals surface area contributed by atoms with Gasteiger partial charge in [0.1, 0.15) is 6.79 Å². The van der Waals surface area contributed by atoms with Gasteiger partial charge in [-0.1, -0.05) is 83.6 Å². The molecule has 0 aromatic carbocycles. The van der Waals surface area contributed by atoms with Crippen LogP contribution in [-0.2, 0) is 13.9 Å². The number of ether oxygens (including phenoxy) is 2. The van der Waals surface area contributed by atoms with E-state index in [4.69, 9.17) is 13.9 Å². The number of hydrogen-bond acceptors (Lipinski definition) is 3. The molecule has 228 valence electrons. The van der Waals surface area contributed by atoms with Gasteiger partial charge in [-0.3, -0.25) is 0 Å². The number of rotatable bonds is 10. The van der Waals surface area contributed by atoms with Gasteiger partial charge in [-0.25, -0.2) is 0 Å². The van der Waals surface area contributed by atoms with E-state index in [2.05, 4.69) is 99.4 Å². The molecule has 3 rings (SSSR count). The third-order valence-corrected chi connectivity index (χ3v) is 16.0. The molecule has 6 atom stereocenters. The van der Waals surface area contributed by atoms with Crippen LogP contribution in [0.4, 0.5) is 0 Å². The summed E-state index contributed by atoms with van der Waals surface area (Å²) in [6.45, 7) is 28.2. The van der Waals surface area contributed by atoms with Gasteiger partial charge >= 0.3 is 0 Å². The van der Waals surface area contributed by atoms with Crippen LogP contribution in [0.3, 0.4) is 0 Å². The highest BCUT2D eigenvalue weighted by Gasteiger charge is 2.50. The van der Waals surface area contributed by atoms with E-state index < -0.39 is 8.32 Å². The second-order valence-corrected chi connectivity index (χ2v) is 20.3. The van der Waals surface area contributed by atoms with Crippen molar-refractivity contribution in [3.05, 3.63) is 47.6 Å². The summed E-state index contributed by atoms with van der Waals surface area (Å²) >= 11 is 0. The molecule has 0 spiro atoms. The van der Waals surface area contributed by atoms with Crippen LogP contribution in [0.25, 0.3) is 0 Å². The fourth-order valence-electron chi connectivity index (χ4n) is 7.27. The molecule has 0 saturated heterocycles. The molecule has 0 amide bonds. The summed E-state index contributed by atoms with van der Waals surface area (Å²) in [6.07, 6.45) is 19.9. The Labute approximate surface area is 249 Å². The maximum absolute atomic E-state index is 6.84.